The van der Waals surface area contributed by atoms with E-state index in [9.17, 15) is 14.6 Å². The molecule has 1 aromatic carbocycles. The van der Waals surface area contributed by atoms with Crippen LogP contribution < -0.4 is 0 Å². The summed E-state index contributed by atoms with van der Waals surface area (Å²) in [7, 11) is 0. The molecule has 0 aliphatic heterocycles. The number of fused-ring (bicyclic) bond motifs is 6. The average Bonchev–Trinajstić information content (AvgIpc) is 3.42. The average molecular weight is 514 g/mol. The minimum absolute atomic E-state index is 0.164. The van der Waals surface area contributed by atoms with Crippen LogP contribution in [0.5, 0.6) is 0 Å². The lowest BCUT2D eigenvalue weighted by atomic mass is 9.43. The number of aliphatic hydroxyl groups is 2. The molecule has 4 saturated carbocycles. The Morgan fingerprint density at radius 3 is 2.61 bits per heavy atom. The molecule has 10 atom stereocenters. The summed E-state index contributed by atoms with van der Waals surface area (Å²) in [6.45, 7) is 9.32. The molecule has 0 amide bonds. The van der Waals surface area contributed by atoms with E-state index in [2.05, 4.69) is 20.8 Å². The fourth-order valence-corrected chi connectivity index (χ4v) is 11.0. The van der Waals surface area contributed by atoms with E-state index in [0.29, 0.717) is 51.9 Å². The van der Waals surface area contributed by atoms with Crippen molar-refractivity contribution in [2.24, 2.45) is 46.3 Å². The fraction of sp³-hybridized carbons (Fsp3) is 0.774. The Morgan fingerprint density at radius 2 is 1.81 bits per heavy atom. The summed E-state index contributed by atoms with van der Waals surface area (Å²) in [4.78, 5) is 4.81. The number of benzene rings is 1. The summed E-state index contributed by atoms with van der Waals surface area (Å²) in [6, 6.07) is 3.44. The van der Waals surface area contributed by atoms with Gasteiger partial charge in [0.15, 0.2) is 0 Å². The quantitative estimate of drug-likeness (QED) is 0.451. The summed E-state index contributed by atoms with van der Waals surface area (Å²) in [5.41, 5.74) is 2.10. The molecule has 4 aliphatic rings. The van der Waals surface area contributed by atoms with Gasteiger partial charge in [-0.05, 0) is 130 Å². The third-order valence-corrected chi connectivity index (χ3v) is 13.1. The monoisotopic (exact) mass is 513 g/mol. The van der Waals surface area contributed by atoms with Crippen LogP contribution >= 0.6 is 11.3 Å². The highest BCUT2D eigenvalue weighted by atomic mass is 32.1. The van der Waals surface area contributed by atoms with Crippen molar-refractivity contribution in [2.45, 2.75) is 104 Å². The second kappa shape index (κ2) is 9.02. The molecule has 1 heterocycles. The SMILES string of the molecule is Cc1c(F)ccc2sc(CCC(C)[C@H]3CC[C@H]4[C@H]5C(CC[C@]34C)[C@@]3(C)CC[C@@H](O)C[C@H]3C[C@H]5O)nc12. The maximum absolute atomic E-state index is 14.0. The molecule has 0 saturated heterocycles. The third-order valence-electron chi connectivity index (χ3n) is 12.0. The topological polar surface area (TPSA) is 53.4 Å². The lowest BCUT2D eigenvalue weighted by Crippen LogP contribution is -2.58. The van der Waals surface area contributed by atoms with Crippen LogP contribution in [0.15, 0.2) is 12.1 Å². The van der Waals surface area contributed by atoms with Gasteiger partial charge in [-0.1, -0.05) is 20.8 Å². The second-order valence-electron chi connectivity index (χ2n) is 13.6. The zero-order valence-electron chi connectivity index (χ0n) is 22.5. The molecule has 3 nitrogen and oxygen atoms in total. The number of hydrogen-bond acceptors (Lipinski definition) is 4. The van der Waals surface area contributed by atoms with E-state index >= 15 is 0 Å². The van der Waals surface area contributed by atoms with Gasteiger partial charge in [0.05, 0.1) is 27.4 Å². The van der Waals surface area contributed by atoms with E-state index in [1.165, 1.54) is 25.7 Å². The zero-order valence-corrected chi connectivity index (χ0v) is 23.3. The minimum Gasteiger partial charge on any atom is -0.393 e. The van der Waals surface area contributed by atoms with Gasteiger partial charge < -0.3 is 10.2 Å². The lowest BCUT2D eigenvalue weighted by Gasteiger charge is -2.62. The first-order chi connectivity index (χ1) is 17.1. The molecule has 2 N–H and O–H groups in total. The number of halogens is 1. The highest BCUT2D eigenvalue weighted by Gasteiger charge is 2.62. The van der Waals surface area contributed by atoms with Crippen LogP contribution in [-0.2, 0) is 6.42 Å². The normalized spacial score (nSPS) is 43.1. The number of aryl methyl sites for hydroxylation is 2. The molecule has 1 aromatic heterocycles. The van der Waals surface area contributed by atoms with Crippen LogP contribution in [0.2, 0.25) is 0 Å². The first-order valence-corrected chi connectivity index (χ1v) is 15.3. The summed E-state index contributed by atoms with van der Waals surface area (Å²) in [5, 5.41) is 22.9. The van der Waals surface area contributed by atoms with Crippen molar-refractivity contribution in [2.75, 3.05) is 0 Å². The Morgan fingerprint density at radius 1 is 1.06 bits per heavy atom. The molecule has 0 spiro atoms. The standard InChI is InChI=1S/C31H44FNO2S/c1-17(5-10-27-33-29-18(2)24(32)8-9-26(29)36-27)21-6-7-22-28-23(12-14-31(21,22)4)30(3)13-11-20(34)15-19(30)16-25(28)35/h8-9,17,19-23,25,28,34-35H,5-7,10-16H2,1-4H3/t17?,19-,20+,21+,22-,23?,25+,28-,30-,31+/m0/s1. The molecule has 2 unspecified atom stereocenters. The Kier molecular flexibility index (Phi) is 6.33. The Balaban J connectivity index is 1.17. The molecule has 0 radical (unpaired) electrons. The minimum atomic E-state index is -0.205. The maximum atomic E-state index is 14.0. The first-order valence-electron chi connectivity index (χ1n) is 14.5. The summed E-state index contributed by atoms with van der Waals surface area (Å²) >= 11 is 1.72. The smallest absolute Gasteiger partial charge is 0.128 e. The van der Waals surface area contributed by atoms with Gasteiger partial charge in [-0.3, -0.25) is 0 Å². The predicted octanol–water partition coefficient (Wildman–Crippen LogP) is 7.30. The number of hydrogen-bond donors (Lipinski definition) is 2. The number of aliphatic hydroxyl groups excluding tert-OH is 2. The third kappa shape index (κ3) is 3.81. The second-order valence-corrected chi connectivity index (χ2v) is 14.7. The van der Waals surface area contributed by atoms with Crippen LogP contribution in [0.3, 0.4) is 0 Å². The summed E-state index contributed by atoms with van der Waals surface area (Å²) < 4.78 is 15.1. The van der Waals surface area contributed by atoms with Gasteiger partial charge in [0.2, 0.25) is 0 Å². The molecule has 2 aromatic rings. The van der Waals surface area contributed by atoms with Crippen LogP contribution in [0.4, 0.5) is 4.39 Å². The van der Waals surface area contributed by atoms with Crippen molar-refractivity contribution in [1.82, 2.24) is 4.98 Å². The molecule has 0 bridgehead atoms. The van der Waals surface area contributed by atoms with Crippen LogP contribution in [0.1, 0.15) is 89.1 Å². The van der Waals surface area contributed by atoms with Crippen LogP contribution in [0.25, 0.3) is 10.2 Å². The van der Waals surface area contributed by atoms with Crippen molar-refractivity contribution in [3.63, 3.8) is 0 Å². The Labute approximate surface area is 219 Å². The van der Waals surface area contributed by atoms with E-state index in [-0.39, 0.29) is 18.0 Å². The molecule has 6 rings (SSSR count). The van der Waals surface area contributed by atoms with Gasteiger partial charge in [0, 0.05) is 5.56 Å². The van der Waals surface area contributed by atoms with E-state index in [0.717, 1.165) is 53.7 Å². The number of rotatable bonds is 4. The molecular weight excluding hydrogens is 469 g/mol. The lowest BCUT2D eigenvalue weighted by molar-refractivity contribution is -0.174. The number of thiazole rings is 1. The van der Waals surface area contributed by atoms with Gasteiger partial charge >= 0.3 is 0 Å². The highest BCUT2D eigenvalue weighted by Crippen LogP contribution is 2.68. The fourth-order valence-electron chi connectivity index (χ4n) is 9.98. The van der Waals surface area contributed by atoms with Gasteiger partial charge in [0.1, 0.15) is 5.82 Å². The van der Waals surface area contributed by atoms with Crippen LogP contribution in [-0.4, -0.2) is 27.4 Å². The van der Waals surface area contributed by atoms with Gasteiger partial charge in [-0.2, -0.15) is 0 Å². The molecule has 36 heavy (non-hydrogen) atoms. The summed E-state index contributed by atoms with van der Waals surface area (Å²) in [6.07, 6.45) is 10.6. The molecule has 5 heteroatoms. The van der Waals surface area contributed by atoms with Crippen molar-refractivity contribution in [3.05, 3.63) is 28.5 Å². The number of nitrogens with zero attached hydrogens (tertiary/aromatic N) is 1. The first kappa shape index (κ1) is 25.2. The molecule has 4 aliphatic carbocycles. The molecule has 4 fully saturated rings. The summed E-state index contributed by atoms with van der Waals surface area (Å²) in [5.74, 6) is 3.29. The molecular formula is C31H44FNO2S. The van der Waals surface area contributed by atoms with Crippen molar-refractivity contribution in [1.29, 1.82) is 0 Å². The zero-order chi connectivity index (χ0) is 25.4. The van der Waals surface area contributed by atoms with Gasteiger partial charge in [-0.25, -0.2) is 9.37 Å². The van der Waals surface area contributed by atoms with E-state index in [1.54, 1.807) is 17.4 Å². The maximum Gasteiger partial charge on any atom is 0.128 e. The van der Waals surface area contributed by atoms with E-state index < -0.39 is 0 Å². The Hall–Kier alpha value is -1.04. The Bertz CT molecular complexity index is 1130. The highest BCUT2D eigenvalue weighted by molar-refractivity contribution is 7.18. The van der Waals surface area contributed by atoms with Crippen molar-refractivity contribution in [3.8, 4) is 0 Å². The van der Waals surface area contributed by atoms with Crippen molar-refractivity contribution >= 4 is 21.6 Å². The van der Waals surface area contributed by atoms with Crippen LogP contribution in [0, 0.1) is 59.1 Å². The molecule has 198 valence electrons. The van der Waals surface area contributed by atoms with E-state index in [1.807, 2.05) is 13.0 Å². The van der Waals surface area contributed by atoms with E-state index in [4.69, 9.17) is 4.98 Å². The largest absolute Gasteiger partial charge is 0.393 e. The van der Waals surface area contributed by atoms with Gasteiger partial charge in [-0.15, -0.1) is 11.3 Å². The number of aromatic nitrogens is 1. The van der Waals surface area contributed by atoms with Gasteiger partial charge in [0.25, 0.3) is 0 Å². The predicted molar refractivity (Wildman–Crippen MR) is 144 cm³/mol. The van der Waals surface area contributed by atoms with Crippen molar-refractivity contribution < 1.29 is 14.6 Å².